The van der Waals surface area contributed by atoms with Gasteiger partial charge in [0.05, 0.1) is 54.3 Å². The third kappa shape index (κ3) is 3.89. The Morgan fingerprint density at radius 3 is 2.66 bits per heavy atom. The van der Waals surface area contributed by atoms with Crippen molar-refractivity contribution in [2.45, 2.75) is 18.8 Å². The summed E-state index contributed by atoms with van der Waals surface area (Å²) in [5, 5.41) is 0. The summed E-state index contributed by atoms with van der Waals surface area (Å²) in [6.07, 6.45) is -2.70. The number of alkyl halides is 3. The Morgan fingerprint density at radius 1 is 1.12 bits per heavy atom. The molecule has 32 heavy (non-hydrogen) atoms. The molecular weight excluding hydrogens is 419 g/mol. The summed E-state index contributed by atoms with van der Waals surface area (Å²) in [7, 11) is 2.01. The molecule has 1 atom stereocenters. The summed E-state index contributed by atoms with van der Waals surface area (Å²) < 4.78 is 46.3. The maximum Gasteiger partial charge on any atom is 0.416 e. The van der Waals surface area contributed by atoms with Crippen LogP contribution in [0.1, 0.15) is 23.3 Å². The molecule has 5 rings (SSSR count). The van der Waals surface area contributed by atoms with E-state index in [4.69, 9.17) is 9.72 Å². The standard InChI is InChI=1S/C23H22F3N5O/c1-30-19-5-3-2-4-17(19)28-21(30)13-31-10-11-32-14-20(31)22-27-12-18(29-22)15-6-8-16(9-7-15)23(24,25)26/h2-9,12,20H,10-11,13-14H2,1H3,(H,27,29). The molecule has 166 valence electrons. The van der Waals surface area contributed by atoms with Gasteiger partial charge in [0, 0.05) is 13.6 Å². The average Bonchev–Trinajstić information content (AvgIpc) is 3.40. The third-order valence-corrected chi connectivity index (χ3v) is 5.90. The number of H-pyrrole nitrogens is 1. The number of halogens is 3. The lowest BCUT2D eigenvalue weighted by molar-refractivity contribution is -0.137. The summed E-state index contributed by atoms with van der Waals surface area (Å²) in [5.74, 6) is 1.67. The lowest BCUT2D eigenvalue weighted by Crippen LogP contribution is -2.40. The molecule has 0 saturated carbocycles. The van der Waals surface area contributed by atoms with Crippen LogP contribution in [0.2, 0.25) is 0 Å². The molecule has 1 saturated heterocycles. The molecule has 1 N–H and O–H groups in total. The van der Waals surface area contributed by atoms with E-state index in [1.54, 1.807) is 6.20 Å². The number of aromatic nitrogens is 4. The monoisotopic (exact) mass is 441 g/mol. The molecule has 2 aromatic heterocycles. The molecule has 1 fully saturated rings. The number of ether oxygens (including phenoxy) is 1. The van der Waals surface area contributed by atoms with Gasteiger partial charge in [0.25, 0.3) is 0 Å². The summed E-state index contributed by atoms with van der Waals surface area (Å²) in [6.45, 7) is 2.45. The quantitative estimate of drug-likeness (QED) is 0.505. The maximum atomic E-state index is 12.8. The number of imidazole rings is 2. The van der Waals surface area contributed by atoms with E-state index in [-0.39, 0.29) is 6.04 Å². The largest absolute Gasteiger partial charge is 0.416 e. The van der Waals surface area contributed by atoms with E-state index in [2.05, 4.69) is 19.4 Å². The van der Waals surface area contributed by atoms with Gasteiger partial charge in [0.2, 0.25) is 0 Å². The fraction of sp³-hybridized carbons (Fsp3) is 0.304. The van der Waals surface area contributed by atoms with Crippen LogP contribution in [0.5, 0.6) is 0 Å². The summed E-state index contributed by atoms with van der Waals surface area (Å²) in [4.78, 5) is 14.8. The Labute approximate surface area is 182 Å². The second kappa shape index (κ2) is 8.07. The molecule has 1 aliphatic heterocycles. The first-order chi connectivity index (χ1) is 15.4. The van der Waals surface area contributed by atoms with E-state index in [1.165, 1.54) is 12.1 Å². The minimum absolute atomic E-state index is 0.105. The highest BCUT2D eigenvalue weighted by Gasteiger charge is 2.31. The summed E-state index contributed by atoms with van der Waals surface area (Å²) >= 11 is 0. The topological polar surface area (TPSA) is 59.0 Å². The maximum absolute atomic E-state index is 12.8. The molecule has 0 aliphatic carbocycles. The number of aryl methyl sites for hydroxylation is 1. The molecule has 3 heterocycles. The van der Waals surface area contributed by atoms with Crippen molar-refractivity contribution in [1.82, 2.24) is 24.4 Å². The van der Waals surface area contributed by atoms with Gasteiger partial charge in [-0.15, -0.1) is 0 Å². The molecule has 0 spiro atoms. The first-order valence-electron chi connectivity index (χ1n) is 10.3. The van der Waals surface area contributed by atoms with Gasteiger partial charge in [0.15, 0.2) is 0 Å². The van der Waals surface area contributed by atoms with Crippen LogP contribution in [0.3, 0.4) is 0 Å². The SMILES string of the molecule is Cn1c(CN2CCOCC2c2ncc(-c3ccc(C(F)(F)F)cc3)[nH]2)nc2ccccc21. The number of fused-ring (bicyclic) bond motifs is 1. The van der Waals surface area contributed by atoms with Crippen molar-refractivity contribution < 1.29 is 17.9 Å². The van der Waals surface area contributed by atoms with Gasteiger partial charge in [-0.05, 0) is 29.8 Å². The van der Waals surface area contributed by atoms with Crippen LogP contribution in [-0.2, 0) is 24.5 Å². The molecule has 0 radical (unpaired) electrons. The molecule has 2 aromatic carbocycles. The number of nitrogens with zero attached hydrogens (tertiary/aromatic N) is 4. The highest BCUT2D eigenvalue weighted by molar-refractivity contribution is 5.75. The Morgan fingerprint density at radius 2 is 1.91 bits per heavy atom. The molecule has 4 aromatic rings. The fourth-order valence-electron chi connectivity index (χ4n) is 4.09. The van der Waals surface area contributed by atoms with E-state index in [1.807, 2.05) is 31.3 Å². The predicted octanol–water partition coefficient (Wildman–Crippen LogP) is 4.56. The van der Waals surface area contributed by atoms with Gasteiger partial charge >= 0.3 is 6.18 Å². The number of para-hydroxylation sites is 2. The van der Waals surface area contributed by atoms with E-state index in [9.17, 15) is 13.2 Å². The van der Waals surface area contributed by atoms with Crippen LogP contribution in [0.15, 0.2) is 54.7 Å². The fourth-order valence-corrected chi connectivity index (χ4v) is 4.09. The first-order valence-corrected chi connectivity index (χ1v) is 10.3. The molecule has 1 aliphatic rings. The lowest BCUT2D eigenvalue weighted by atomic mass is 10.1. The predicted molar refractivity (Wildman–Crippen MR) is 114 cm³/mol. The zero-order chi connectivity index (χ0) is 22.3. The molecular formula is C23H22F3N5O. The number of aromatic amines is 1. The third-order valence-electron chi connectivity index (χ3n) is 5.90. The van der Waals surface area contributed by atoms with E-state index in [0.29, 0.717) is 31.0 Å². The summed E-state index contributed by atoms with van der Waals surface area (Å²) in [5.41, 5.74) is 2.68. The Balaban J connectivity index is 1.38. The van der Waals surface area contributed by atoms with Crippen molar-refractivity contribution in [2.24, 2.45) is 7.05 Å². The van der Waals surface area contributed by atoms with Gasteiger partial charge in [-0.1, -0.05) is 24.3 Å². The minimum atomic E-state index is -4.35. The van der Waals surface area contributed by atoms with Gasteiger partial charge in [-0.25, -0.2) is 9.97 Å². The van der Waals surface area contributed by atoms with Gasteiger partial charge < -0.3 is 14.3 Å². The number of rotatable bonds is 4. The van der Waals surface area contributed by atoms with Crippen LogP contribution in [0, 0.1) is 0 Å². The van der Waals surface area contributed by atoms with Crippen molar-refractivity contribution in [3.8, 4) is 11.3 Å². The zero-order valence-electron chi connectivity index (χ0n) is 17.4. The zero-order valence-corrected chi connectivity index (χ0v) is 17.4. The normalized spacial score (nSPS) is 17.8. The lowest BCUT2D eigenvalue weighted by Gasteiger charge is -2.34. The number of nitrogens with one attached hydrogen (secondary N) is 1. The van der Waals surface area contributed by atoms with Crippen molar-refractivity contribution in [3.63, 3.8) is 0 Å². The van der Waals surface area contributed by atoms with Crippen molar-refractivity contribution in [1.29, 1.82) is 0 Å². The Bertz CT molecular complexity index is 1230. The Hall–Kier alpha value is -3.17. The second-order valence-corrected chi connectivity index (χ2v) is 7.89. The van der Waals surface area contributed by atoms with E-state index in [0.717, 1.165) is 41.4 Å². The van der Waals surface area contributed by atoms with Gasteiger partial charge in [0.1, 0.15) is 11.6 Å². The molecule has 0 amide bonds. The van der Waals surface area contributed by atoms with Gasteiger partial charge in [-0.2, -0.15) is 13.2 Å². The number of hydrogen-bond donors (Lipinski definition) is 1. The van der Waals surface area contributed by atoms with E-state index >= 15 is 0 Å². The van der Waals surface area contributed by atoms with Crippen molar-refractivity contribution >= 4 is 11.0 Å². The Kier molecular flexibility index (Phi) is 5.22. The summed E-state index contributed by atoms with van der Waals surface area (Å²) in [6, 6.07) is 13.0. The van der Waals surface area contributed by atoms with E-state index < -0.39 is 11.7 Å². The second-order valence-electron chi connectivity index (χ2n) is 7.89. The van der Waals surface area contributed by atoms with Crippen LogP contribution in [0.25, 0.3) is 22.3 Å². The molecule has 1 unspecified atom stereocenters. The van der Waals surface area contributed by atoms with Crippen molar-refractivity contribution in [2.75, 3.05) is 19.8 Å². The van der Waals surface area contributed by atoms with Crippen LogP contribution < -0.4 is 0 Å². The number of benzene rings is 2. The first kappa shape index (κ1) is 20.7. The van der Waals surface area contributed by atoms with Crippen LogP contribution in [-0.4, -0.2) is 44.2 Å². The average molecular weight is 441 g/mol. The van der Waals surface area contributed by atoms with Gasteiger partial charge in [-0.3, -0.25) is 4.90 Å². The van der Waals surface area contributed by atoms with Crippen molar-refractivity contribution in [3.05, 3.63) is 71.9 Å². The highest BCUT2D eigenvalue weighted by atomic mass is 19.4. The van der Waals surface area contributed by atoms with Crippen LogP contribution >= 0.6 is 0 Å². The smallest absolute Gasteiger partial charge is 0.378 e. The molecule has 0 bridgehead atoms. The van der Waals surface area contributed by atoms with Crippen LogP contribution in [0.4, 0.5) is 13.2 Å². The molecule has 9 heteroatoms. The highest BCUT2D eigenvalue weighted by Crippen LogP contribution is 2.31. The number of hydrogen-bond acceptors (Lipinski definition) is 4. The minimum Gasteiger partial charge on any atom is -0.378 e. The molecule has 6 nitrogen and oxygen atoms in total. The number of morpholine rings is 1.